The van der Waals surface area contributed by atoms with Gasteiger partial charge in [0.25, 0.3) is 0 Å². The van der Waals surface area contributed by atoms with E-state index in [2.05, 4.69) is 30.9 Å². The Bertz CT molecular complexity index is 809. The maximum atomic E-state index is 13.1. The van der Waals surface area contributed by atoms with Crippen molar-refractivity contribution in [3.8, 4) is 0 Å². The quantitative estimate of drug-likeness (QED) is 0.757. The second kappa shape index (κ2) is 8.25. The summed E-state index contributed by atoms with van der Waals surface area (Å²) in [7, 11) is 0. The first kappa shape index (κ1) is 18.8. The van der Waals surface area contributed by atoms with E-state index >= 15 is 0 Å². The van der Waals surface area contributed by atoms with Gasteiger partial charge in [0.1, 0.15) is 0 Å². The highest BCUT2D eigenvalue weighted by Crippen LogP contribution is 2.35. The highest BCUT2D eigenvalue weighted by molar-refractivity contribution is 7.22. The van der Waals surface area contributed by atoms with Crippen molar-refractivity contribution in [3.05, 3.63) is 23.3 Å². The second-order valence-corrected chi connectivity index (χ2v) is 8.79. The third-order valence-corrected chi connectivity index (χ3v) is 7.03. The number of rotatable bonds is 6. The summed E-state index contributed by atoms with van der Waals surface area (Å²) in [5, 5.41) is 0.873. The lowest BCUT2D eigenvalue weighted by Gasteiger charge is -2.31. The van der Waals surface area contributed by atoms with Crippen LogP contribution in [-0.2, 0) is 9.53 Å². The maximum Gasteiger partial charge on any atom is 0.231 e. The standard InChI is InChI=1S/C21H29N3O2S/c1-15-7-8-18-19(16(15)2)22-21(27-18)24(20(25)17-5-3-6-17)10-4-9-23-11-13-26-14-12-23/h7-8,17H,3-6,9-14H2,1-2H3. The SMILES string of the molecule is Cc1ccc2sc(N(CCCN3CCOCC3)C(=O)C3CCC3)nc2c1C. The fourth-order valence-electron chi connectivity index (χ4n) is 3.78. The Morgan fingerprint density at radius 3 is 2.78 bits per heavy atom. The van der Waals surface area contributed by atoms with Crippen molar-refractivity contribution in [2.24, 2.45) is 5.92 Å². The lowest BCUT2D eigenvalue weighted by atomic mass is 9.84. The molecule has 2 fully saturated rings. The van der Waals surface area contributed by atoms with Crippen LogP contribution >= 0.6 is 11.3 Å². The Labute approximate surface area is 165 Å². The number of nitrogens with zero attached hydrogens (tertiary/aromatic N) is 3. The topological polar surface area (TPSA) is 45.7 Å². The van der Waals surface area contributed by atoms with E-state index < -0.39 is 0 Å². The number of thiazole rings is 1. The first-order valence-corrected chi connectivity index (χ1v) is 10.9. The smallest absolute Gasteiger partial charge is 0.231 e. The van der Waals surface area contributed by atoms with Gasteiger partial charge in [-0.1, -0.05) is 23.8 Å². The second-order valence-electron chi connectivity index (χ2n) is 7.78. The van der Waals surface area contributed by atoms with Gasteiger partial charge in [-0.2, -0.15) is 0 Å². The van der Waals surface area contributed by atoms with Crippen molar-refractivity contribution in [1.82, 2.24) is 9.88 Å². The predicted molar refractivity (Wildman–Crippen MR) is 111 cm³/mol. The van der Waals surface area contributed by atoms with Gasteiger partial charge in [-0.15, -0.1) is 0 Å². The van der Waals surface area contributed by atoms with Gasteiger partial charge in [-0.3, -0.25) is 14.6 Å². The number of ether oxygens (including phenoxy) is 1. The van der Waals surface area contributed by atoms with E-state index in [1.807, 2.05) is 4.90 Å². The van der Waals surface area contributed by atoms with Crippen LogP contribution in [0, 0.1) is 19.8 Å². The molecule has 0 unspecified atom stereocenters. The molecule has 4 rings (SSSR count). The number of carbonyl (C=O) groups excluding carboxylic acids is 1. The molecule has 1 saturated heterocycles. The number of hydrogen-bond acceptors (Lipinski definition) is 5. The molecule has 2 aliphatic rings. The molecule has 0 radical (unpaired) electrons. The number of carbonyl (C=O) groups is 1. The van der Waals surface area contributed by atoms with Crippen molar-refractivity contribution in [3.63, 3.8) is 0 Å². The molecule has 1 aliphatic carbocycles. The minimum absolute atomic E-state index is 0.197. The number of morpholine rings is 1. The van der Waals surface area contributed by atoms with Gasteiger partial charge in [0.2, 0.25) is 5.91 Å². The van der Waals surface area contributed by atoms with Gasteiger partial charge in [0, 0.05) is 32.1 Å². The van der Waals surface area contributed by atoms with Gasteiger partial charge >= 0.3 is 0 Å². The number of hydrogen-bond donors (Lipinski definition) is 0. The molecule has 1 aromatic carbocycles. The number of aromatic nitrogens is 1. The summed E-state index contributed by atoms with van der Waals surface area (Å²) in [5.41, 5.74) is 3.53. The van der Waals surface area contributed by atoms with Crippen molar-refractivity contribution >= 4 is 32.6 Å². The van der Waals surface area contributed by atoms with Crippen LogP contribution in [0.4, 0.5) is 5.13 Å². The molecule has 2 heterocycles. The summed E-state index contributed by atoms with van der Waals surface area (Å²) in [6, 6.07) is 4.29. The molecule has 1 amide bonds. The Hall–Kier alpha value is -1.50. The Morgan fingerprint density at radius 1 is 1.30 bits per heavy atom. The molecule has 27 heavy (non-hydrogen) atoms. The van der Waals surface area contributed by atoms with Crippen molar-refractivity contribution in [2.45, 2.75) is 39.5 Å². The van der Waals surface area contributed by atoms with Crippen LogP contribution < -0.4 is 4.90 Å². The van der Waals surface area contributed by atoms with Crippen LogP contribution in [0.2, 0.25) is 0 Å². The molecule has 1 saturated carbocycles. The first-order valence-electron chi connectivity index (χ1n) is 10.1. The average Bonchev–Trinajstić information content (AvgIpc) is 3.06. The summed E-state index contributed by atoms with van der Waals surface area (Å²) in [4.78, 5) is 22.4. The molecule has 1 aliphatic heterocycles. The molecule has 5 nitrogen and oxygen atoms in total. The average molecular weight is 388 g/mol. The van der Waals surface area contributed by atoms with E-state index in [-0.39, 0.29) is 11.8 Å². The first-order chi connectivity index (χ1) is 13.1. The van der Waals surface area contributed by atoms with Crippen LogP contribution in [0.3, 0.4) is 0 Å². The monoisotopic (exact) mass is 387 g/mol. The fraction of sp³-hybridized carbons (Fsp3) is 0.619. The Morgan fingerprint density at radius 2 is 2.07 bits per heavy atom. The zero-order chi connectivity index (χ0) is 18.8. The van der Waals surface area contributed by atoms with Gasteiger partial charge in [-0.05, 0) is 50.3 Å². The highest BCUT2D eigenvalue weighted by Gasteiger charge is 2.31. The minimum Gasteiger partial charge on any atom is -0.379 e. The molecular formula is C21H29N3O2S. The molecule has 6 heteroatoms. The summed E-state index contributed by atoms with van der Waals surface area (Å²) >= 11 is 1.65. The summed E-state index contributed by atoms with van der Waals surface area (Å²) in [6.07, 6.45) is 4.21. The van der Waals surface area contributed by atoms with Crippen molar-refractivity contribution in [2.75, 3.05) is 44.3 Å². The van der Waals surface area contributed by atoms with Gasteiger partial charge < -0.3 is 4.74 Å². The van der Waals surface area contributed by atoms with Crippen LogP contribution in [0.25, 0.3) is 10.2 Å². The zero-order valence-corrected chi connectivity index (χ0v) is 17.2. The number of amides is 1. The maximum absolute atomic E-state index is 13.1. The number of benzene rings is 1. The van der Waals surface area contributed by atoms with Crippen LogP contribution in [0.15, 0.2) is 12.1 Å². The minimum atomic E-state index is 0.197. The Balaban J connectivity index is 1.52. The molecule has 0 N–H and O–H groups in total. The van der Waals surface area contributed by atoms with E-state index in [0.29, 0.717) is 0 Å². The van der Waals surface area contributed by atoms with E-state index in [4.69, 9.17) is 9.72 Å². The number of anilines is 1. The normalized spacial score (nSPS) is 18.6. The fourth-order valence-corrected chi connectivity index (χ4v) is 4.84. The van der Waals surface area contributed by atoms with E-state index in [1.54, 1.807) is 11.3 Å². The number of aryl methyl sites for hydroxylation is 2. The Kier molecular flexibility index (Phi) is 5.76. The zero-order valence-electron chi connectivity index (χ0n) is 16.4. The summed E-state index contributed by atoms with van der Waals surface area (Å²) < 4.78 is 6.60. The molecule has 1 aromatic heterocycles. The van der Waals surface area contributed by atoms with Crippen LogP contribution in [-0.4, -0.2) is 55.2 Å². The third-order valence-electron chi connectivity index (χ3n) is 5.98. The highest BCUT2D eigenvalue weighted by atomic mass is 32.1. The van der Waals surface area contributed by atoms with E-state index in [0.717, 1.165) is 69.3 Å². The van der Waals surface area contributed by atoms with Crippen LogP contribution in [0.5, 0.6) is 0 Å². The van der Waals surface area contributed by atoms with Gasteiger partial charge in [0.15, 0.2) is 5.13 Å². The number of fused-ring (bicyclic) bond motifs is 1. The summed E-state index contributed by atoms with van der Waals surface area (Å²) in [5.74, 6) is 0.472. The van der Waals surface area contributed by atoms with Gasteiger partial charge in [0.05, 0.1) is 23.4 Å². The lowest BCUT2D eigenvalue weighted by molar-refractivity contribution is -0.124. The molecule has 2 aromatic rings. The molecule has 146 valence electrons. The summed E-state index contributed by atoms with van der Waals surface area (Å²) in [6.45, 7) is 9.64. The molecule has 0 atom stereocenters. The largest absolute Gasteiger partial charge is 0.379 e. The van der Waals surface area contributed by atoms with E-state index in [9.17, 15) is 4.79 Å². The van der Waals surface area contributed by atoms with Crippen LogP contribution in [0.1, 0.15) is 36.8 Å². The molecule has 0 spiro atoms. The van der Waals surface area contributed by atoms with Crippen molar-refractivity contribution < 1.29 is 9.53 Å². The third kappa shape index (κ3) is 4.03. The van der Waals surface area contributed by atoms with Crippen molar-refractivity contribution in [1.29, 1.82) is 0 Å². The lowest BCUT2D eigenvalue weighted by Crippen LogP contribution is -2.42. The molecule has 0 bridgehead atoms. The predicted octanol–water partition coefficient (Wildman–Crippen LogP) is 3.77. The van der Waals surface area contributed by atoms with E-state index in [1.165, 1.54) is 22.2 Å². The van der Waals surface area contributed by atoms with Gasteiger partial charge in [-0.25, -0.2) is 4.98 Å². The molecular weight excluding hydrogens is 358 g/mol.